The summed E-state index contributed by atoms with van der Waals surface area (Å²) < 4.78 is 10.8. The standard InChI is InChI=1S/C14H29NO3/c1-8-10(2)13(15-6)11(17-7)9-12(16)18-14(3,4)5/h10-11,13,15H,8-9H2,1-7H3/t10-,11-,13-/m0/s1. The molecule has 0 saturated carbocycles. The van der Waals surface area contributed by atoms with Gasteiger partial charge >= 0.3 is 5.97 Å². The van der Waals surface area contributed by atoms with Crippen LogP contribution in [0.1, 0.15) is 47.5 Å². The number of methoxy groups -OCH3 is 1. The maximum atomic E-state index is 11.8. The lowest BCUT2D eigenvalue weighted by atomic mass is 9.92. The number of hydrogen-bond donors (Lipinski definition) is 1. The minimum absolute atomic E-state index is 0.153. The Labute approximate surface area is 111 Å². The second-order valence-corrected chi connectivity index (χ2v) is 5.76. The summed E-state index contributed by atoms with van der Waals surface area (Å²) in [6.07, 6.45) is 1.17. The third kappa shape index (κ3) is 6.36. The van der Waals surface area contributed by atoms with Crippen LogP contribution in [-0.4, -0.2) is 37.9 Å². The molecule has 18 heavy (non-hydrogen) atoms. The van der Waals surface area contributed by atoms with E-state index in [4.69, 9.17) is 9.47 Å². The maximum Gasteiger partial charge on any atom is 0.309 e. The molecule has 0 aliphatic heterocycles. The second-order valence-electron chi connectivity index (χ2n) is 5.76. The van der Waals surface area contributed by atoms with Crippen LogP contribution < -0.4 is 5.32 Å². The summed E-state index contributed by atoms with van der Waals surface area (Å²) in [5.74, 6) is 0.236. The van der Waals surface area contributed by atoms with Gasteiger partial charge < -0.3 is 14.8 Å². The van der Waals surface area contributed by atoms with Gasteiger partial charge in [-0.15, -0.1) is 0 Å². The maximum absolute atomic E-state index is 11.8. The van der Waals surface area contributed by atoms with Crippen LogP contribution in [-0.2, 0) is 14.3 Å². The number of ether oxygens (including phenoxy) is 2. The normalized spacial score (nSPS) is 17.1. The number of carbonyl (C=O) groups is 1. The monoisotopic (exact) mass is 259 g/mol. The van der Waals surface area contributed by atoms with E-state index in [9.17, 15) is 4.79 Å². The van der Waals surface area contributed by atoms with Gasteiger partial charge in [0, 0.05) is 13.2 Å². The molecule has 0 aromatic rings. The molecule has 108 valence electrons. The van der Waals surface area contributed by atoms with Crippen LogP contribution in [0.25, 0.3) is 0 Å². The fourth-order valence-corrected chi connectivity index (χ4v) is 2.00. The van der Waals surface area contributed by atoms with Gasteiger partial charge in [-0.1, -0.05) is 20.3 Å². The number of esters is 1. The predicted molar refractivity (Wildman–Crippen MR) is 73.6 cm³/mol. The molecular weight excluding hydrogens is 230 g/mol. The molecule has 0 heterocycles. The quantitative estimate of drug-likeness (QED) is 0.713. The summed E-state index contributed by atoms with van der Waals surface area (Å²) in [6.45, 7) is 9.91. The van der Waals surface area contributed by atoms with E-state index < -0.39 is 5.60 Å². The molecule has 0 fully saturated rings. The van der Waals surface area contributed by atoms with Crippen LogP contribution in [0.5, 0.6) is 0 Å². The van der Waals surface area contributed by atoms with Crippen LogP contribution in [0.3, 0.4) is 0 Å². The Hall–Kier alpha value is -0.610. The molecule has 0 spiro atoms. The number of carbonyl (C=O) groups excluding carboxylic acids is 1. The lowest BCUT2D eigenvalue weighted by molar-refractivity contribution is -0.158. The smallest absolute Gasteiger partial charge is 0.309 e. The van der Waals surface area contributed by atoms with E-state index in [0.29, 0.717) is 5.92 Å². The first-order valence-corrected chi connectivity index (χ1v) is 6.67. The summed E-state index contributed by atoms with van der Waals surface area (Å²) >= 11 is 0. The van der Waals surface area contributed by atoms with Crippen molar-refractivity contribution in [3.63, 3.8) is 0 Å². The van der Waals surface area contributed by atoms with Crippen LogP contribution in [0, 0.1) is 5.92 Å². The van der Waals surface area contributed by atoms with Crippen LogP contribution >= 0.6 is 0 Å². The molecule has 3 atom stereocenters. The van der Waals surface area contributed by atoms with Crippen molar-refractivity contribution in [2.24, 2.45) is 5.92 Å². The van der Waals surface area contributed by atoms with Crippen molar-refractivity contribution in [3.05, 3.63) is 0 Å². The molecule has 0 aromatic carbocycles. The third-order valence-electron chi connectivity index (χ3n) is 3.08. The zero-order valence-corrected chi connectivity index (χ0v) is 12.9. The first kappa shape index (κ1) is 17.4. The van der Waals surface area contributed by atoms with Crippen LogP contribution in [0.4, 0.5) is 0 Å². The molecule has 0 saturated heterocycles. The number of likely N-dealkylation sites (N-methyl/N-ethyl adjacent to an activating group) is 1. The van der Waals surface area contributed by atoms with Gasteiger partial charge in [0.25, 0.3) is 0 Å². The molecule has 0 amide bonds. The van der Waals surface area contributed by atoms with Crippen LogP contribution in [0.2, 0.25) is 0 Å². The molecular formula is C14H29NO3. The van der Waals surface area contributed by atoms with Gasteiger partial charge in [-0.25, -0.2) is 0 Å². The first-order chi connectivity index (χ1) is 8.25. The number of hydrogen-bond acceptors (Lipinski definition) is 4. The van der Waals surface area contributed by atoms with Crippen LogP contribution in [0.15, 0.2) is 0 Å². The number of rotatable bonds is 7. The zero-order valence-electron chi connectivity index (χ0n) is 12.9. The average molecular weight is 259 g/mol. The van der Waals surface area contributed by atoms with Gasteiger partial charge in [-0.3, -0.25) is 4.79 Å². The first-order valence-electron chi connectivity index (χ1n) is 6.67. The zero-order chi connectivity index (χ0) is 14.3. The van der Waals surface area contributed by atoms with E-state index in [0.717, 1.165) is 6.42 Å². The molecule has 4 heteroatoms. The molecule has 0 radical (unpaired) electrons. The average Bonchev–Trinajstić information content (AvgIpc) is 2.25. The fourth-order valence-electron chi connectivity index (χ4n) is 2.00. The Morgan fingerprint density at radius 1 is 1.33 bits per heavy atom. The number of nitrogens with one attached hydrogen (secondary N) is 1. The Balaban J connectivity index is 4.53. The predicted octanol–water partition coefficient (Wildman–Crippen LogP) is 2.37. The highest BCUT2D eigenvalue weighted by Crippen LogP contribution is 2.18. The van der Waals surface area contributed by atoms with E-state index in [1.165, 1.54) is 0 Å². The molecule has 0 aliphatic carbocycles. The van der Waals surface area contributed by atoms with Crippen molar-refractivity contribution >= 4 is 5.97 Å². The summed E-state index contributed by atoms with van der Waals surface area (Å²) in [5.41, 5.74) is -0.444. The Bertz CT molecular complexity index is 248. The molecule has 0 rings (SSSR count). The Morgan fingerprint density at radius 2 is 1.89 bits per heavy atom. The molecule has 4 nitrogen and oxygen atoms in total. The fraction of sp³-hybridized carbons (Fsp3) is 0.929. The lowest BCUT2D eigenvalue weighted by Crippen LogP contribution is -2.45. The van der Waals surface area contributed by atoms with Gasteiger partial charge in [0.15, 0.2) is 0 Å². The molecule has 0 aromatic heterocycles. The Kier molecular flexibility index (Phi) is 7.48. The van der Waals surface area contributed by atoms with E-state index in [-0.39, 0.29) is 24.5 Å². The van der Waals surface area contributed by atoms with E-state index in [2.05, 4.69) is 19.2 Å². The van der Waals surface area contributed by atoms with Crippen molar-refractivity contribution in [2.75, 3.05) is 14.2 Å². The van der Waals surface area contributed by atoms with Gasteiger partial charge in [0.05, 0.1) is 12.5 Å². The van der Waals surface area contributed by atoms with Crippen molar-refractivity contribution in [3.8, 4) is 0 Å². The molecule has 0 bridgehead atoms. The van der Waals surface area contributed by atoms with Crippen molar-refractivity contribution in [2.45, 2.75) is 65.2 Å². The summed E-state index contributed by atoms with van der Waals surface area (Å²) in [7, 11) is 3.54. The van der Waals surface area contributed by atoms with E-state index in [1.807, 2.05) is 27.8 Å². The summed E-state index contributed by atoms with van der Waals surface area (Å²) in [5, 5.41) is 3.24. The molecule has 1 N–H and O–H groups in total. The van der Waals surface area contributed by atoms with E-state index in [1.54, 1.807) is 7.11 Å². The van der Waals surface area contributed by atoms with Gasteiger partial charge in [0.2, 0.25) is 0 Å². The van der Waals surface area contributed by atoms with Crippen molar-refractivity contribution < 1.29 is 14.3 Å². The highest BCUT2D eigenvalue weighted by Gasteiger charge is 2.28. The lowest BCUT2D eigenvalue weighted by Gasteiger charge is -2.30. The van der Waals surface area contributed by atoms with Gasteiger partial charge in [-0.05, 0) is 33.7 Å². The molecule has 0 unspecified atom stereocenters. The SMILES string of the molecule is CC[C@H](C)[C@H](NC)[C@H](CC(=O)OC(C)(C)C)OC. The van der Waals surface area contributed by atoms with Crippen molar-refractivity contribution in [1.82, 2.24) is 5.32 Å². The van der Waals surface area contributed by atoms with Gasteiger partial charge in [0.1, 0.15) is 5.60 Å². The third-order valence-corrected chi connectivity index (χ3v) is 3.08. The topological polar surface area (TPSA) is 47.6 Å². The van der Waals surface area contributed by atoms with Gasteiger partial charge in [-0.2, -0.15) is 0 Å². The summed E-state index contributed by atoms with van der Waals surface area (Å²) in [6, 6.07) is 0.160. The highest BCUT2D eigenvalue weighted by molar-refractivity contribution is 5.70. The largest absolute Gasteiger partial charge is 0.460 e. The second kappa shape index (κ2) is 7.74. The summed E-state index contributed by atoms with van der Waals surface area (Å²) in [4.78, 5) is 11.8. The Morgan fingerprint density at radius 3 is 2.22 bits per heavy atom. The highest BCUT2D eigenvalue weighted by atomic mass is 16.6. The van der Waals surface area contributed by atoms with Crippen molar-refractivity contribution in [1.29, 1.82) is 0 Å². The minimum atomic E-state index is -0.444. The molecule has 0 aliphatic rings. The van der Waals surface area contributed by atoms with E-state index >= 15 is 0 Å². The minimum Gasteiger partial charge on any atom is -0.460 e.